The Hall–Kier alpha value is -0.940. The number of nitrogens with zero attached hydrogens (tertiary/aromatic N) is 1. The summed E-state index contributed by atoms with van der Waals surface area (Å²) in [6.07, 6.45) is 0.323. The Balaban J connectivity index is 2.62. The zero-order valence-corrected chi connectivity index (χ0v) is 7.03. The van der Waals surface area contributed by atoms with Crippen LogP contribution in [0.1, 0.15) is 26.7 Å². The van der Waals surface area contributed by atoms with E-state index in [-0.39, 0.29) is 12.8 Å². The van der Waals surface area contributed by atoms with E-state index < -0.39 is 17.6 Å². The number of amides is 2. The minimum absolute atomic E-state index is 0.162. The number of hydroxylamine groups is 2. The molecule has 0 atom stereocenters. The van der Waals surface area contributed by atoms with E-state index in [2.05, 4.69) is 0 Å². The van der Waals surface area contributed by atoms with Crippen LogP contribution in [0.3, 0.4) is 0 Å². The van der Waals surface area contributed by atoms with E-state index >= 15 is 0 Å². The summed E-state index contributed by atoms with van der Waals surface area (Å²) >= 11 is 0. The van der Waals surface area contributed by atoms with Gasteiger partial charge in [0.1, 0.15) is 0 Å². The van der Waals surface area contributed by atoms with Gasteiger partial charge in [0.15, 0.2) is 5.79 Å². The molecule has 0 bridgehead atoms. The molecular weight excluding hydrogens is 162 g/mol. The van der Waals surface area contributed by atoms with Crippen molar-refractivity contribution in [2.24, 2.45) is 0 Å². The van der Waals surface area contributed by atoms with E-state index in [1.165, 1.54) is 13.8 Å². The average molecular weight is 173 g/mol. The van der Waals surface area contributed by atoms with Gasteiger partial charge in [-0.05, 0) is 13.8 Å². The third-order valence-electron chi connectivity index (χ3n) is 1.32. The van der Waals surface area contributed by atoms with Crippen LogP contribution >= 0.6 is 0 Å². The summed E-state index contributed by atoms with van der Waals surface area (Å²) in [5.74, 6) is -2.29. The lowest BCUT2D eigenvalue weighted by Crippen LogP contribution is -2.38. The van der Waals surface area contributed by atoms with Crippen LogP contribution in [0.4, 0.5) is 0 Å². The molecule has 0 aromatic rings. The summed E-state index contributed by atoms with van der Waals surface area (Å²) in [6.45, 7) is 2.71. The fourth-order valence-corrected chi connectivity index (χ4v) is 0.881. The van der Waals surface area contributed by atoms with E-state index in [1.54, 1.807) is 0 Å². The van der Waals surface area contributed by atoms with Crippen LogP contribution in [0.15, 0.2) is 0 Å². The molecule has 1 heterocycles. The van der Waals surface area contributed by atoms with Gasteiger partial charge in [-0.2, -0.15) is 5.06 Å². The third-order valence-corrected chi connectivity index (χ3v) is 1.32. The zero-order chi connectivity index (χ0) is 9.35. The second kappa shape index (κ2) is 2.84. The molecule has 0 radical (unpaired) electrons. The molecule has 0 aliphatic carbocycles. The van der Waals surface area contributed by atoms with Crippen LogP contribution in [0, 0.1) is 0 Å². The van der Waals surface area contributed by atoms with Crippen molar-refractivity contribution in [1.29, 1.82) is 0 Å². The van der Waals surface area contributed by atoms with Crippen molar-refractivity contribution in [2.75, 3.05) is 0 Å². The molecule has 0 saturated carbocycles. The van der Waals surface area contributed by atoms with Crippen molar-refractivity contribution in [3.05, 3.63) is 0 Å². The molecule has 1 aliphatic rings. The molecular formula is C7H11NO4. The monoisotopic (exact) mass is 173 g/mol. The molecule has 5 nitrogen and oxygen atoms in total. The van der Waals surface area contributed by atoms with Gasteiger partial charge in [-0.25, -0.2) is 4.84 Å². The minimum Gasteiger partial charge on any atom is -0.364 e. The van der Waals surface area contributed by atoms with Gasteiger partial charge in [-0.15, -0.1) is 0 Å². The molecule has 2 amide bonds. The minimum atomic E-state index is -1.49. The van der Waals surface area contributed by atoms with Gasteiger partial charge in [0.25, 0.3) is 11.8 Å². The second-order valence-corrected chi connectivity index (χ2v) is 3.12. The summed E-state index contributed by atoms with van der Waals surface area (Å²) in [5, 5.41) is 9.77. The third kappa shape index (κ3) is 2.02. The van der Waals surface area contributed by atoms with Crippen LogP contribution in [0.25, 0.3) is 0 Å². The highest BCUT2D eigenvalue weighted by molar-refractivity contribution is 6.00. The Bertz CT molecular complexity index is 202. The molecule has 0 aromatic carbocycles. The van der Waals surface area contributed by atoms with Crippen molar-refractivity contribution in [2.45, 2.75) is 32.5 Å². The molecule has 1 rings (SSSR count). The van der Waals surface area contributed by atoms with Crippen molar-refractivity contribution < 1.29 is 19.5 Å². The second-order valence-electron chi connectivity index (χ2n) is 3.12. The summed E-state index contributed by atoms with van der Waals surface area (Å²) in [6, 6.07) is 0. The number of hydrogen-bond donors (Lipinski definition) is 1. The molecule has 0 spiro atoms. The molecule has 5 heteroatoms. The smallest absolute Gasteiger partial charge is 0.254 e. The highest BCUT2D eigenvalue weighted by Crippen LogP contribution is 2.16. The van der Waals surface area contributed by atoms with Crippen LogP contribution < -0.4 is 0 Å². The van der Waals surface area contributed by atoms with Gasteiger partial charge < -0.3 is 5.11 Å². The van der Waals surface area contributed by atoms with Gasteiger partial charge in [-0.1, -0.05) is 0 Å². The molecule has 1 fully saturated rings. The Morgan fingerprint density at radius 1 is 1.33 bits per heavy atom. The van der Waals surface area contributed by atoms with E-state index in [1.807, 2.05) is 0 Å². The average Bonchev–Trinajstić information content (AvgIpc) is 2.16. The molecule has 12 heavy (non-hydrogen) atoms. The van der Waals surface area contributed by atoms with Crippen molar-refractivity contribution in [3.63, 3.8) is 0 Å². The first kappa shape index (κ1) is 9.15. The number of imide groups is 1. The summed E-state index contributed by atoms with van der Waals surface area (Å²) in [7, 11) is 0. The van der Waals surface area contributed by atoms with Gasteiger partial charge in [0, 0.05) is 12.8 Å². The Morgan fingerprint density at radius 2 is 1.75 bits per heavy atom. The zero-order valence-electron chi connectivity index (χ0n) is 7.03. The maximum atomic E-state index is 10.9. The molecule has 1 N–H and O–H groups in total. The molecule has 68 valence electrons. The Kier molecular flexibility index (Phi) is 2.16. The lowest BCUT2D eigenvalue weighted by atomic mass is 10.4. The quantitative estimate of drug-likeness (QED) is 0.463. The van der Waals surface area contributed by atoms with E-state index in [0.717, 1.165) is 0 Å². The van der Waals surface area contributed by atoms with Crippen LogP contribution in [0.2, 0.25) is 0 Å². The number of rotatable bonds is 2. The molecule has 0 unspecified atom stereocenters. The summed E-state index contributed by atoms with van der Waals surface area (Å²) in [5.41, 5.74) is 0. The number of aliphatic hydroxyl groups is 1. The number of carbonyl (C=O) groups is 2. The number of hydrogen-bond acceptors (Lipinski definition) is 4. The first-order valence-corrected chi connectivity index (χ1v) is 3.67. The lowest BCUT2D eigenvalue weighted by Gasteiger charge is -2.22. The van der Waals surface area contributed by atoms with Gasteiger partial charge >= 0.3 is 0 Å². The van der Waals surface area contributed by atoms with E-state index in [4.69, 9.17) is 9.94 Å². The van der Waals surface area contributed by atoms with Gasteiger partial charge in [-0.3, -0.25) is 9.59 Å². The van der Waals surface area contributed by atoms with Gasteiger partial charge in [0.2, 0.25) is 0 Å². The highest BCUT2D eigenvalue weighted by Gasteiger charge is 2.34. The van der Waals surface area contributed by atoms with Crippen molar-refractivity contribution in [3.8, 4) is 0 Å². The normalized spacial score (nSPS) is 19.1. The van der Waals surface area contributed by atoms with Crippen LogP contribution in [-0.4, -0.2) is 27.8 Å². The van der Waals surface area contributed by atoms with Crippen molar-refractivity contribution >= 4 is 11.8 Å². The largest absolute Gasteiger partial charge is 0.364 e. The Labute approximate surface area is 69.9 Å². The van der Waals surface area contributed by atoms with Crippen LogP contribution in [-0.2, 0) is 14.4 Å². The fraction of sp³-hybridized carbons (Fsp3) is 0.714. The first-order chi connectivity index (χ1) is 5.40. The Morgan fingerprint density at radius 3 is 2.08 bits per heavy atom. The lowest BCUT2D eigenvalue weighted by molar-refractivity contribution is -0.286. The highest BCUT2D eigenvalue weighted by atomic mass is 16.8. The standard InChI is InChI=1S/C7H11NO4/c1-7(2,11)12-8-5(9)3-4-6(8)10/h11H,3-4H2,1-2H3. The summed E-state index contributed by atoms with van der Waals surface area (Å²) < 4.78 is 0. The topological polar surface area (TPSA) is 66.8 Å². The van der Waals surface area contributed by atoms with E-state index in [0.29, 0.717) is 5.06 Å². The van der Waals surface area contributed by atoms with Gasteiger partial charge in [0.05, 0.1) is 0 Å². The van der Waals surface area contributed by atoms with Crippen LogP contribution in [0.5, 0.6) is 0 Å². The van der Waals surface area contributed by atoms with E-state index in [9.17, 15) is 9.59 Å². The molecule has 1 saturated heterocycles. The summed E-state index contributed by atoms with van der Waals surface area (Å²) in [4.78, 5) is 26.6. The maximum absolute atomic E-state index is 10.9. The fourth-order valence-electron chi connectivity index (χ4n) is 0.881. The maximum Gasteiger partial charge on any atom is 0.254 e. The predicted octanol–water partition coefficient (Wildman–Crippen LogP) is -0.205. The SMILES string of the molecule is CC(C)(O)ON1C(=O)CCC1=O. The predicted molar refractivity (Wildman–Crippen MR) is 38.5 cm³/mol. The number of carbonyl (C=O) groups excluding carboxylic acids is 2. The molecule has 0 aromatic heterocycles. The van der Waals surface area contributed by atoms with Crippen molar-refractivity contribution in [1.82, 2.24) is 5.06 Å². The first-order valence-electron chi connectivity index (χ1n) is 3.67. The molecule has 1 aliphatic heterocycles.